The van der Waals surface area contributed by atoms with Gasteiger partial charge in [-0.1, -0.05) is 72.4 Å². The number of ether oxygens (including phenoxy) is 1. The van der Waals surface area contributed by atoms with Gasteiger partial charge in [-0.3, -0.25) is 9.59 Å². The van der Waals surface area contributed by atoms with Crippen LogP contribution in [-0.4, -0.2) is 23.5 Å². The van der Waals surface area contributed by atoms with Gasteiger partial charge in [0.1, 0.15) is 5.25 Å². The molecule has 0 bridgehead atoms. The van der Waals surface area contributed by atoms with Crippen LogP contribution in [0, 0.1) is 0 Å². The van der Waals surface area contributed by atoms with Gasteiger partial charge in [0, 0.05) is 11.9 Å². The molecule has 29 heavy (non-hydrogen) atoms. The summed E-state index contributed by atoms with van der Waals surface area (Å²) in [5.74, 6) is -0.373. The Morgan fingerprint density at radius 1 is 1.10 bits per heavy atom. The lowest BCUT2D eigenvalue weighted by atomic mass is 10.1. The molecule has 1 heterocycles. The van der Waals surface area contributed by atoms with Crippen LogP contribution in [0.5, 0.6) is 0 Å². The van der Waals surface area contributed by atoms with Crippen molar-refractivity contribution in [2.75, 3.05) is 6.61 Å². The van der Waals surface area contributed by atoms with Crippen molar-refractivity contribution >= 4 is 35.0 Å². The van der Waals surface area contributed by atoms with E-state index in [4.69, 9.17) is 4.74 Å². The van der Waals surface area contributed by atoms with Crippen LogP contribution in [-0.2, 0) is 27.3 Å². The first-order valence-corrected chi connectivity index (χ1v) is 11.0. The Morgan fingerprint density at radius 2 is 1.79 bits per heavy atom. The molecule has 0 unspecified atom stereocenters. The average Bonchev–Trinajstić information content (AvgIpc) is 3.18. The van der Waals surface area contributed by atoms with Gasteiger partial charge in [0.15, 0.2) is 4.34 Å². The lowest BCUT2D eigenvalue weighted by Crippen LogP contribution is -2.27. The highest BCUT2D eigenvalue weighted by molar-refractivity contribution is 8.01. The van der Waals surface area contributed by atoms with Gasteiger partial charge in [-0.25, -0.2) is 4.98 Å². The number of thioether (sulfide) groups is 1. The minimum atomic E-state index is -0.429. The fourth-order valence-electron chi connectivity index (χ4n) is 2.66. The van der Waals surface area contributed by atoms with Gasteiger partial charge in [-0.05, 0) is 18.1 Å². The minimum absolute atomic E-state index is 0.0767. The van der Waals surface area contributed by atoms with E-state index >= 15 is 0 Å². The van der Waals surface area contributed by atoms with Crippen LogP contribution >= 0.6 is 23.1 Å². The van der Waals surface area contributed by atoms with Crippen LogP contribution < -0.4 is 5.32 Å². The molecule has 0 aliphatic rings. The lowest BCUT2D eigenvalue weighted by molar-refractivity contribution is -0.142. The number of aromatic nitrogens is 1. The van der Waals surface area contributed by atoms with Crippen LogP contribution in [0.2, 0.25) is 0 Å². The molecule has 0 fully saturated rings. The van der Waals surface area contributed by atoms with Crippen LogP contribution in [0.3, 0.4) is 0 Å². The highest BCUT2D eigenvalue weighted by Crippen LogP contribution is 2.37. The zero-order valence-electron chi connectivity index (χ0n) is 16.0. The molecule has 1 aromatic heterocycles. The topological polar surface area (TPSA) is 68.3 Å². The molecule has 0 spiro atoms. The van der Waals surface area contributed by atoms with E-state index in [0.29, 0.717) is 18.8 Å². The van der Waals surface area contributed by atoms with Crippen LogP contribution in [0.25, 0.3) is 0 Å². The Hall–Kier alpha value is -2.64. The predicted octanol–water partition coefficient (Wildman–Crippen LogP) is 4.40. The summed E-state index contributed by atoms with van der Waals surface area (Å²) in [4.78, 5) is 29.1. The van der Waals surface area contributed by atoms with Crippen LogP contribution in [0.1, 0.15) is 29.0 Å². The number of amides is 1. The molecule has 0 saturated carbocycles. The molecule has 7 heteroatoms. The Labute approximate surface area is 178 Å². The monoisotopic (exact) mass is 426 g/mol. The van der Waals surface area contributed by atoms with Gasteiger partial charge in [-0.15, -0.1) is 11.3 Å². The summed E-state index contributed by atoms with van der Waals surface area (Å²) in [7, 11) is 0. The summed E-state index contributed by atoms with van der Waals surface area (Å²) in [5, 5.41) is 4.42. The third kappa shape index (κ3) is 6.44. The first kappa shape index (κ1) is 21.1. The van der Waals surface area contributed by atoms with Crippen molar-refractivity contribution in [3.8, 4) is 0 Å². The molecule has 0 aliphatic carbocycles. The number of thiazole rings is 1. The van der Waals surface area contributed by atoms with Crippen molar-refractivity contribution in [3.63, 3.8) is 0 Å². The SMILES string of the molecule is CCOC(=O)Cc1csc(S[C@H](C(=O)NCc2ccccc2)c2ccccc2)n1. The smallest absolute Gasteiger partial charge is 0.311 e. The molecule has 1 N–H and O–H groups in total. The molecular weight excluding hydrogens is 404 g/mol. The molecule has 2 aromatic carbocycles. The first-order chi connectivity index (χ1) is 14.2. The number of nitrogens with one attached hydrogen (secondary N) is 1. The highest BCUT2D eigenvalue weighted by Gasteiger charge is 2.23. The van der Waals surface area contributed by atoms with E-state index in [9.17, 15) is 9.59 Å². The summed E-state index contributed by atoms with van der Waals surface area (Å²) in [6.45, 7) is 2.59. The Kier molecular flexibility index (Phi) is 7.84. The quantitative estimate of drug-likeness (QED) is 0.406. The van der Waals surface area contributed by atoms with Gasteiger partial charge in [-0.2, -0.15) is 0 Å². The highest BCUT2D eigenvalue weighted by atomic mass is 32.2. The van der Waals surface area contributed by atoms with Gasteiger partial charge in [0.2, 0.25) is 5.91 Å². The zero-order chi connectivity index (χ0) is 20.5. The largest absolute Gasteiger partial charge is 0.466 e. The Morgan fingerprint density at radius 3 is 2.48 bits per heavy atom. The summed E-state index contributed by atoms with van der Waals surface area (Å²) in [5.41, 5.74) is 2.61. The molecule has 150 valence electrons. The average molecular weight is 427 g/mol. The number of esters is 1. The zero-order valence-corrected chi connectivity index (χ0v) is 17.7. The Balaban J connectivity index is 1.70. The van der Waals surface area contributed by atoms with Crippen molar-refractivity contribution in [2.45, 2.75) is 29.5 Å². The van der Waals surface area contributed by atoms with Crippen molar-refractivity contribution in [2.24, 2.45) is 0 Å². The fraction of sp³-hybridized carbons (Fsp3) is 0.227. The molecule has 3 aromatic rings. The van der Waals surface area contributed by atoms with Crippen molar-refractivity contribution in [1.29, 1.82) is 0 Å². The molecule has 0 aliphatic heterocycles. The van der Waals surface area contributed by atoms with Crippen molar-refractivity contribution in [3.05, 3.63) is 82.9 Å². The molecule has 0 saturated heterocycles. The normalized spacial score (nSPS) is 11.6. The van der Waals surface area contributed by atoms with Gasteiger partial charge in [0.25, 0.3) is 0 Å². The maximum Gasteiger partial charge on any atom is 0.311 e. The van der Waals surface area contributed by atoms with E-state index < -0.39 is 5.25 Å². The number of carbonyl (C=O) groups excluding carboxylic acids is 2. The van der Waals surface area contributed by atoms with Gasteiger partial charge < -0.3 is 10.1 Å². The molecule has 1 amide bonds. The third-order valence-corrected chi connectivity index (χ3v) is 6.31. The standard InChI is InChI=1S/C22H22N2O3S2/c1-2-27-19(25)13-18-15-28-22(24-18)29-20(17-11-7-4-8-12-17)21(26)23-14-16-9-5-3-6-10-16/h3-12,15,20H,2,13-14H2,1H3,(H,23,26)/t20-/m0/s1. The second kappa shape index (κ2) is 10.8. The number of hydrogen-bond acceptors (Lipinski definition) is 6. The van der Waals surface area contributed by atoms with Crippen molar-refractivity contribution < 1.29 is 14.3 Å². The number of benzene rings is 2. The van der Waals surface area contributed by atoms with E-state index in [-0.39, 0.29) is 18.3 Å². The van der Waals surface area contributed by atoms with E-state index in [1.165, 1.54) is 23.1 Å². The second-order valence-electron chi connectivity index (χ2n) is 6.20. The van der Waals surface area contributed by atoms with E-state index in [1.807, 2.05) is 66.0 Å². The fourth-order valence-corrected chi connectivity index (χ4v) is 4.72. The maximum atomic E-state index is 13.0. The van der Waals surface area contributed by atoms with E-state index in [2.05, 4.69) is 10.3 Å². The Bertz CT molecular complexity index is 930. The number of hydrogen-bond donors (Lipinski definition) is 1. The molecule has 1 atom stereocenters. The number of nitrogens with zero attached hydrogens (tertiary/aromatic N) is 1. The lowest BCUT2D eigenvalue weighted by Gasteiger charge is -2.16. The predicted molar refractivity (Wildman–Crippen MR) is 116 cm³/mol. The third-order valence-electron chi connectivity index (χ3n) is 4.03. The molecular formula is C22H22N2O3S2. The molecule has 5 nitrogen and oxygen atoms in total. The van der Waals surface area contributed by atoms with E-state index in [1.54, 1.807) is 6.92 Å². The number of carbonyl (C=O) groups is 2. The summed E-state index contributed by atoms with van der Waals surface area (Å²) >= 11 is 2.82. The minimum Gasteiger partial charge on any atom is -0.466 e. The van der Waals surface area contributed by atoms with E-state index in [0.717, 1.165) is 15.5 Å². The summed E-state index contributed by atoms with van der Waals surface area (Å²) in [6, 6.07) is 19.4. The number of rotatable bonds is 9. The van der Waals surface area contributed by atoms with Crippen molar-refractivity contribution in [1.82, 2.24) is 10.3 Å². The van der Waals surface area contributed by atoms with Crippen LogP contribution in [0.15, 0.2) is 70.4 Å². The van der Waals surface area contributed by atoms with Crippen LogP contribution in [0.4, 0.5) is 0 Å². The molecule has 0 radical (unpaired) electrons. The molecule has 3 rings (SSSR count). The summed E-state index contributed by atoms with van der Waals surface area (Å²) < 4.78 is 5.72. The maximum absolute atomic E-state index is 13.0. The van der Waals surface area contributed by atoms with Gasteiger partial charge >= 0.3 is 5.97 Å². The first-order valence-electron chi connectivity index (χ1n) is 9.29. The summed E-state index contributed by atoms with van der Waals surface area (Å²) in [6.07, 6.45) is 0.140. The van der Waals surface area contributed by atoms with Gasteiger partial charge in [0.05, 0.1) is 18.7 Å². The second-order valence-corrected chi connectivity index (χ2v) is 8.41.